The van der Waals surface area contributed by atoms with Crippen LogP contribution in [0, 0.1) is 5.82 Å². The fourth-order valence-electron chi connectivity index (χ4n) is 2.51. The van der Waals surface area contributed by atoms with Crippen LogP contribution in [0.5, 0.6) is 5.75 Å². The third-order valence-electron chi connectivity index (χ3n) is 4.03. The lowest BCUT2D eigenvalue weighted by Gasteiger charge is -2.15. The molecule has 0 fully saturated rings. The van der Waals surface area contributed by atoms with Gasteiger partial charge in [0.25, 0.3) is 15.9 Å². The summed E-state index contributed by atoms with van der Waals surface area (Å²) in [4.78, 5) is 12.2. The summed E-state index contributed by atoms with van der Waals surface area (Å²) in [5, 5.41) is 3.13. The zero-order valence-corrected chi connectivity index (χ0v) is 17.4. The van der Waals surface area contributed by atoms with Crippen LogP contribution >= 0.6 is 11.6 Å². The van der Waals surface area contributed by atoms with E-state index in [0.29, 0.717) is 16.5 Å². The standard InChI is InChI=1S/C21H18ClFN2O4S/c1-14(29-17-6-4-5-15(22)13-17)21(26)24-16-9-11-18(12-10-16)30(27,28)25-20-8-3-2-7-19(20)23/h2-14,25H,1H3,(H,24,26)/t14-/m0/s1. The molecule has 0 bridgehead atoms. The van der Waals surface area contributed by atoms with Crippen LogP contribution in [0.25, 0.3) is 0 Å². The Bertz CT molecular complexity index is 1150. The normalized spacial score (nSPS) is 12.1. The zero-order valence-electron chi connectivity index (χ0n) is 15.8. The lowest BCUT2D eigenvalue weighted by molar-refractivity contribution is -0.122. The first-order valence-electron chi connectivity index (χ1n) is 8.85. The summed E-state index contributed by atoms with van der Waals surface area (Å²) in [6.45, 7) is 1.58. The van der Waals surface area contributed by atoms with E-state index >= 15 is 0 Å². The smallest absolute Gasteiger partial charge is 0.265 e. The van der Waals surface area contributed by atoms with Gasteiger partial charge in [0.15, 0.2) is 6.10 Å². The highest BCUT2D eigenvalue weighted by atomic mass is 35.5. The molecular formula is C21H18ClFN2O4S. The molecule has 156 valence electrons. The van der Waals surface area contributed by atoms with Gasteiger partial charge in [0.2, 0.25) is 0 Å². The number of carbonyl (C=O) groups excluding carboxylic acids is 1. The zero-order chi connectivity index (χ0) is 21.7. The maximum absolute atomic E-state index is 13.7. The topological polar surface area (TPSA) is 84.5 Å². The maximum Gasteiger partial charge on any atom is 0.265 e. The van der Waals surface area contributed by atoms with Gasteiger partial charge in [0.05, 0.1) is 10.6 Å². The van der Waals surface area contributed by atoms with E-state index in [2.05, 4.69) is 10.0 Å². The average molecular weight is 449 g/mol. The van der Waals surface area contributed by atoms with Gasteiger partial charge in [0.1, 0.15) is 11.6 Å². The van der Waals surface area contributed by atoms with Crippen LogP contribution in [-0.4, -0.2) is 20.4 Å². The third kappa shape index (κ3) is 5.49. The number of benzene rings is 3. The number of amides is 1. The average Bonchev–Trinajstić information content (AvgIpc) is 2.70. The van der Waals surface area contributed by atoms with Gasteiger partial charge in [-0.2, -0.15) is 0 Å². The Morgan fingerprint density at radius 2 is 1.73 bits per heavy atom. The third-order valence-corrected chi connectivity index (χ3v) is 5.65. The van der Waals surface area contributed by atoms with E-state index < -0.39 is 27.9 Å². The van der Waals surface area contributed by atoms with Crippen molar-refractivity contribution in [1.29, 1.82) is 0 Å². The van der Waals surface area contributed by atoms with Crippen molar-refractivity contribution in [1.82, 2.24) is 0 Å². The van der Waals surface area contributed by atoms with E-state index in [1.54, 1.807) is 31.2 Å². The van der Waals surface area contributed by atoms with Crippen LogP contribution in [0.1, 0.15) is 6.92 Å². The Labute approximate surface area is 178 Å². The summed E-state index contributed by atoms with van der Waals surface area (Å²) in [5.41, 5.74) is 0.230. The molecule has 0 radical (unpaired) electrons. The Hall–Kier alpha value is -3.10. The first kappa shape index (κ1) is 21.6. The van der Waals surface area contributed by atoms with Crippen molar-refractivity contribution < 1.29 is 22.3 Å². The quantitative estimate of drug-likeness (QED) is 0.549. The SMILES string of the molecule is C[C@H](Oc1cccc(Cl)c1)C(=O)Nc1ccc(S(=O)(=O)Nc2ccccc2F)cc1. The van der Waals surface area contributed by atoms with Gasteiger partial charge in [-0.3, -0.25) is 9.52 Å². The molecule has 3 aromatic rings. The molecule has 0 saturated carbocycles. The second kappa shape index (κ2) is 9.15. The van der Waals surface area contributed by atoms with Gasteiger partial charge >= 0.3 is 0 Å². The highest BCUT2D eigenvalue weighted by Gasteiger charge is 2.18. The summed E-state index contributed by atoms with van der Waals surface area (Å²) in [6, 6.07) is 17.6. The van der Waals surface area contributed by atoms with E-state index in [-0.39, 0.29) is 10.6 Å². The Morgan fingerprint density at radius 3 is 2.40 bits per heavy atom. The molecule has 3 aromatic carbocycles. The van der Waals surface area contributed by atoms with Crippen LogP contribution in [-0.2, 0) is 14.8 Å². The van der Waals surface area contributed by atoms with Crippen LogP contribution in [0.15, 0.2) is 77.7 Å². The Kier molecular flexibility index (Phi) is 6.59. The summed E-state index contributed by atoms with van der Waals surface area (Å²) >= 11 is 5.89. The van der Waals surface area contributed by atoms with E-state index in [0.717, 1.165) is 6.07 Å². The monoisotopic (exact) mass is 448 g/mol. The molecule has 2 N–H and O–H groups in total. The first-order valence-corrected chi connectivity index (χ1v) is 10.7. The van der Waals surface area contributed by atoms with Crippen molar-refractivity contribution in [3.63, 3.8) is 0 Å². The molecule has 0 saturated heterocycles. The first-order chi connectivity index (χ1) is 14.2. The van der Waals surface area contributed by atoms with E-state index in [9.17, 15) is 17.6 Å². The van der Waals surface area contributed by atoms with Crippen molar-refractivity contribution in [3.8, 4) is 5.75 Å². The molecule has 0 aliphatic heterocycles. The predicted molar refractivity (Wildman–Crippen MR) is 114 cm³/mol. The number of hydrogen-bond donors (Lipinski definition) is 2. The second-order valence-electron chi connectivity index (χ2n) is 6.32. The number of rotatable bonds is 7. The molecule has 0 spiro atoms. The van der Waals surface area contributed by atoms with Gasteiger partial charge in [0, 0.05) is 10.7 Å². The number of ether oxygens (including phenoxy) is 1. The number of hydrogen-bond acceptors (Lipinski definition) is 4. The largest absolute Gasteiger partial charge is 0.481 e. The second-order valence-corrected chi connectivity index (χ2v) is 8.44. The minimum Gasteiger partial charge on any atom is -0.481 e. The van der Waals surface area contributed by atoms with Gasteiger partial charge < -0.3 is 10.1 Å². The van der Waals surface area contributed by atoms with Crippen LogP contribution in [0.4, 0.5) is 15.8 Å². The van der Waals surface area contributed by atoms with Crippen molar-refractivity contribution in [3.05, 3.63) is 83.6 Å². The lowest BCUT2D eigenvalue weighted by Crippen LogP contribution is -2.30. The molecule has 0 aliphatic rings. The number of anilines is 2. The van der Waals surface area contributed by atoms with Crippen molar-refractivity contribution >= 4 is 38.9 Å². The van der Waals surface area contributed by atoms with Gasteiger partial charge in [-0.25, -0.2) is 12.8 Å². The molecule has 0 unspecified atom stereocenters. The molecule has 0 heterocycles. The molecule has 0 aliphatic carbocycles. The van der Waals surface area contributed by atoms with Crippen LogP contribution in [0.3, 0.4) is 0 Å². The Morgan fingerprint density at radius 1 is 1.03 bits per heavy atom. The van der Waals surface area contributed by atoms with Crippen LogP contribution in [0.2, 0.25) is 5.02 Å². The van der Waals surface area contributed by atoms with E-state index in [1.165, 1.54) is 42.5 Å². The molecule has 30 heavy (non-hydrogen) atoms. The van der Waals surface area contributed by atoms with Crippen molar-refractivity contribution in [2.75, 3.05) is 10.0 Å². The fourth-order valence-corrected chi connectivity index (χ4v) is 3.75. The maximum atomic E-state index is 13.7. The minimum atomic E-state index is -3.98. The summed E-state index contributed by atoms with van der Waals surface area (Å²) in [7, 11) is -3.98. The lowest BCUT2D eigenvalue weighted by atomic mass is 10.3. The molecule has 3 rings (SSSR count). The predicted octanol–water partition coefficient (Wildman–Crippen LogP) is 4.69. The molecule has 9 heteroatoms. The van der Waals surface area contributed by atoms with E-state index in [1.807, 2.05) is 0 Å². The van der Waals surface area contributed by atoms with Crippen molar-refractivity contribution in [2.45, 2.75) is 17.9 Å². The number of halogens is 2. The summed E-state index contributed by atoms with van der Waals surface area (Å²) < 4.78 is 46.3. The number of nitrogens with one attached hydrogen (secondary N) is 2. The highest BCUT2D eigenvalue weighted by molar-refractivity contribution is 7.92. The number of carbonyl (C=O) groups is 1. The number of para-hydroxylation sites is 1. The van der Waals surface area contributed by atoms with Gasteiger partial charge in [-0.1, -0.05) is 29.8 Å². The highest BCUT2D eigenvalue weighted by Crippen LogP contribution is 2.21. The molecular weight excluding hydrogens is 431 g/mol. The van der Waals surface area contributed by atoms with E-state index in [4.69, 9.17) is 16.3 Å². The van der Waals surface area contributed by atoms with Gasteiger partial charge in [-0.05, 0) is 61.5 Å². The molecule has 6 nitrogen and oxygen atoms in total. The molecule has 0 aromatic heterocycles. The minimum absolute atomic E-state index is 0.0769. The summed E-state index contributed by atoms with van der Waals surface area (Å²) in [6.07, 6.45) is -0.811. The molecule has 1 amide bonds. The summed E-state index contributed by atoms with van der Waals surface area (Å²) in [5.74, 6) is -0.653. The Balaban J connectivity index is 1.65. The molecule has 1 atom stereocenters. The van der Waals surface area contributed by atoms with Crippen LogP contribution < -0.4 is 14.8 Å². The fraction of sp³-hybridized carbons (Fsp3) is 0.0952. The van der Waals surface area contributed by atoms with Gasteiger partial charge in [-0.15, -0.1) is 0 Å². The van der Waals surface area contributed by atoms with Crippen molar-refractivity contribution in [2.24, 2.45) is 0 Å². The number of sulfonamides is 1.